The van der Waals surface area contributed by atoms with Crippen molar-refractivity contribution in [2.75, 3.05) is 5.32 Å². The summed E-state index contributed by atoms with van der Waals surface area (Å²) in [5, 5.41) is 13.7. The highest BCUT2D eigenvalue weighted by atomic mass is 35.5. The number of hydrogen-bond acceptors (Lipinski definition) is 3. The molecule has 0 radical (unpaired) electrons. The fourth-order valence-corrected chi connectivity index (χ4v) is 1.87. The number of rotatable bonds is 4. The molecule has 98 valence electrons. The molecule has 0 fully saturated rings. The highest BCUT2D eigenvalue weighted by Crippen LogP contribution is 2.27. The molecule has 0 atom stereocenters. The van der Waals surface area contributed by atoms with Crippen LogP contribution in [0.25, 0.3) is 0 Å². The van der Waals surface area contributed by atoms with Crippen LogP contribution in [0.1, 0.15) is 5.56 Å². The van der Waals surface area contributed by atoms with Crippen molar-refractivity contribution in [3.63, 3.8) is 0 Å². The fraction of sp³-hybridized carbons (Fsp3) is 0.0769. The summed E-state index contributed by atoms with van der Waals surface area (Å²) in [6, 6.07) is 10.5. The average molecular weight is 281 g/mol. The molecule has 0 aliphatic rings. The Hall–Kier alpha value is -2.14. The van der Waals surface area contributed by atoms with Gasteiger partial charge in [-0.25, -0.2) is 4.39 Å². The summed E-state index contributed by atoms with van der Waals surface area (Å²) < 4.78 is 13.0. The van der Waals surface area contributed by atoms with Crippen LogP contribution in [0.2, 0.25) is 5.02 Å². The van der Waals surface area contributed by atoms with Gasteiger partial charge in [-0.3, -0.25) is 10.1 Å². The van der Waals surface area contributed by atoms with Crippen LogP contribution in [0.4, 0.5) is 15.8 Å². The van der Waals surface area contributed by atoms with Crippen LogP contribution >= 0.6 is 11.6 Å². The first-order chi connectivity index (χ1) is 9.06. The summed E-state index contributed by atoms with van der Waals surface area (Å²) in [7, 11) is 0. The molecule has 2 aromatic carbocycles. The van der Waals surface area contributed by atoms with Crippen LogP contribution in [0.3, 0.4) is 0 Å². The van der Waals surface area contributed by atoms with Gasteiger partial charge in [-0.1, -0.05) is 23.7 Å². The summed E-state index contributed by atoms with van der Waals surface area (Å²) in [6.45, 7) is 0.409. The van der Waals surface area contributed by atoms with Gasteiger partial charge in [0.2, 0.25) is 0 Å². The van der Waals surface area contributed by atoms with Crippen molar-refractivity contribution in [3.8, 4) is 0 Å². The lowest BCUT2D eigenvalue weighted by Crippen LogP contribution is -2.00. The molecule has 0 amide bonds. The molecule has 0 aliphatic carbocycles. The molecular weight excluding hydrogens is 271 g/mol. The molecule has 6 heteroatoms. The van der Waals surface area contributed by atoms with Gasteiger partial charge >= 0.3 is 0 Å². The normalized spacial score (nSPS) is 10.2. The quantitative estimate of drug-likeness (QED) is 0.680. The fourth-order valence-electron chi connectivity index (χ4n) is 1.62. The van der Waals surface area contributed by atoms with E-state index in [2.05, 4.69) is 5.32 Å². The van der Waals surface area contributed by atoms with E-state index >= 15 is 0 Å². The number of hydrogen-bond donors (Lipinski definition) is 1. The first-order valence-corrected chi connectivity index (χ1v) is 5.86. The van der Waals surface area contributed by atoms with Crippen molar-refractivity contribution < 1.29 is 9.31 Å². The van der Waals surface area contributed by atoms with Crippen molar-refractivity contribution in [1.29, 1.82) is 0 Å². The lowest BCUT2D eigenvalue weighted by Gasteiger charge is -2.07. The minimum atomic E-state index is -0.543. The van der Waals surface area contributed by atoms with E-state index < -0.39 is 4.92 Å². The number of anilines is 1. The predicted molar refractivity (Wildman–Crippen MR) is 71.8 cm³/mol. The highest BCUT2D eigenvalue weighted by Gasteiger charge is 2.11. The SMILES string of the molecule is O=[N+]([O-])c1ccc(NCc2cccc(F)c2)cc1Cl. The summed E-state index contributed by atoms with van der Waals surface area (Å²) in [5.41, 5.74) is 1.27. The monoisotopic (exact) mass is 280 g/mol. The van der Waals surface area contributed by atoms with Crippen LogP contribution in [-0.4, -0.2) is 4.92 Å². The Morgan fingerprint density at radius 1 is 1.26 bits per heavy atom. The first-order valence-electron chi connectivity index (χ1n) is 5.48. The number of nitro groups is 1. The summed E-state index contributed by atoms with van der Waals surface area (Å²) in [4.78, 5) is 10.1. The zero-order chi connectivity index (χ0) is 13.8. The van der Waals surface area contributed by atoms with Crippen molar-refractivity contribution in [1.82, 2.24) is 0 Å². The minimum absolute atomic E-state index is 0.0641. The van der Waals surface area contributed by atoms with Crippen molar-refractivity contribution in [2.24, 2.45) is 0 Å². The molecule has 0 aromatic heterocycles. The van der Waals surface area contributed by atoms with Crippen molar-refractivity contribution in [2.45, 2.75) is 6.54 Å². The Bertz CT molecular complexity index is 619. The summed E-state index contributed by atoms with van der Waals surface area (Å²) >= 11 is 5.79. The van der Waals surface area contributed by atoms with E-state index in [4.69, 9.17) is 11.6 Å². The molecular formula is C13H10ClFN2O2. The van der Waals surface area contributed by atoms with Crippen LogP contribution in [0.15, 0.2) is 42.5 Å². The van der Waals surface area contributed by atoms with Gasteiger partial charge in [0.25, 0.3) is 5.69 Å². The third-order valence-electron chi connectivity index (χ3n) is 2.53. The van der Waals surface area contributed by atoms with E-state index in [9.17, 15) is 14.5 Å². The maximum Gasteiger partial charge on any atom is 0.288 e. The number of benzene rings is 2. The average Bonchev–Trinajstić information content (AvgIpc) is 2.36. The Balaban J connectivity index is 2.08. The molecule has 0 unspecified atom stereocenters. The molecule has 0 bridgehead atoms. The Morgan fingerprint density at radius 2 is 2.05 bits per heavy atom. The third-order valence-corrected chi connectivity index (χ3v) is 2.83. The summed E-state index contributed by atoms with van der Waals surface area (Å²) in [5.74, 6) is -0.305. The zero-order valence-corrected chi connectivity index (χ0v) is 10.5. The van der Waals surface area contributed by atoms with Gasteiger partial charge in [0.1, 0.15) is 10.8 Å². The number of nitro benzene ring substituents is 1. The number of nitrogens with zero attached hydrogens (tertiary/aromatic N) is 1. The predicted octanol–water partition coefficient (Wildman–Crippen LogP) is 4.00. The second kappa shape index (κ2) is 5.67. The van der Waals surface area contributed by atoms with Gasteiger partial charge in [0, 0.05) is 18.3 Å². The van der Waals surface area contributed by atoms with E-state index in [0.29, 0.717) is 12.2 Å². The maximum atomic E-state index is 13.0. The first kappa shape index (κ1) is 13.3. The van der Waals surface area contributed by atoms with E-state index in [-0.39, 0.29) is 16.5 Å². The van der Waals surface area contributed by atoms with E-state index in [0.717, 1.165) is 5.56 Å². The van der Waals surface area contributed by atoms with Gasteiger partial charge in [-0.05, 0) is 29.8 Å². The zero-order valence-electron chi connectivity index (χ0n) is 9.77. The van der Waals surface area contributed by atoms with Gasteiger partial charge in [0.05, 0.1) is 4.92 Å². The van der Waals surface area contributed by atoms with Crippen LogP contribution in [0.5, 0.6) is 0 Å². The van der Waals surface area contributed by atoms with Gasteiger partial charge in [0.15, 0.2) is 0 Å². The van der Waals surface area contributed by atoms with Gasteiger partial charge in [-0.15, -0.1) is 0 Å². The molecule has 0 saturated carbocycles. The number of halogens is 2. The molecule has 0 saturated heterocycles. The lowest BCUT2D eigenvalue weighted by atomic mass is 10.2. The molecule has 0 heterocycles. The largest absolute Gasteiger partial charge is 0.381 e. The van der Waals surface area contributed by atoms with Crippen LogP contribution in [0, 0.1) is 15.9 Å². The molecule has 4 nitrogen and oxygen atoms in total. The molecule has 19 heavy (non-hydrogen) atoms. The van der Waals surface area contributed by atoms with E-state index in [1.807, 2.05) is 0 Å². The number of nitrogens with one attached hydrogen (secondary N) is 1. The lowest BCUT2D eigenvalue weighted by molar-refractivity contribution is -0.384. The van der Waals surface area contributed by atoms with Gasteiger partial charge in [-0.2, -0.15) is 0 Å². The van der Waals surface area contributed by atoms with Crippen molar-refractivity contribution in [3.05, 3.63) is 69.0 Å². The second-order valence-electron chi connectivity index (χ2n) is 3.91. The van der Waals surface area contributed by atoms with E-state index in [1.54, 1.807) is 18.2 Å². The maximum absolute atomic E-state index is 13.0. The smallest absolute Gasteiger partial charge is 0.288 e. The Labute approximate surface area is 114 Å². The summed E-state index contributed by atoms with van der Waals surface area (Å²) in [6.07, 6.45) is 0. The molecule has 2 aromatic rings. The van der Waals surface area contributed by atoms with Crippen LogP contribution in [-0.2, 0) is 6.54 Å². The molecule has 0 aliphatic heterocycles. The van der Waals surface area contributed by atoms with E-state index in [1.165, 1.54) is 24.3 Å². The topological polar surface area (TPSA) is 55.2 Å². The Morgan fingerprint density at radius 3 is 2.68 bits per heavy atom. The Kier molecular flexibility index (Phi) is 3.97. The second-order valence-corrected chi connectivity index (χ2v) is 4.31. The highest BCUT2D eigenvalue weighted by molar-refractivity contribution is 6.32. The van der Waals surface area contributed by atoms with Gasteiger partial charge < -0.3 is 5.32 Å². The standard InChI is InChI=1S/C13H10ClFN2O2/c14-12-7-11(4-5-13(12)17(18)19)16-8-9-2-1-3-10(15)6-9/h1-7,16H,8H2. The van der Waals surface area contributed by atoms with Crippen molar-refractivity contribution >= 4 is 23.0 Å². The van der Waals surface area contributed by atoms with Crippen LogP contribution < -0.4 is 5.32 Å². The molecule has 0 spiro atoms. The molecule has 2 rings (SSSR count). The third kappa shape index (κ3) is 3.42. The molecule has 1 N–H and O–H groups in total. The minimum Gasteiger partial charge on any atom is -0.381 e.